The number of benzene rings is 1. The van der Waals surface area contributed by atoms with E-state index in [1.165, 1.54) is 69.8 Å². The Bertz CT molecular complexity index is 418. The van der Waals surface area contributed by atoms with Crippen molar-refractivity contribution in [3.8, 4) is 0 Å². The van der Waals surface area contributed by atoms with Crippen LogP contribution in [0.15, 0.2) is 24.3 Å². The SMILES string of the molecule is Cc1cccc(N2CCN(CCC3CCCN3)CC2)c1. The van der Waals surface area contributed by atoms with Crippen LogP contribution in [-0.4, -0.2) is 50.2 Å². The molecule has 1 aromatic rings. The first-order chi connectivity index (χ1) is 9.81. The lowest BCUT2D eigenvalue weighted by Crippen LogP contribution is -2.47. The third-order valence-electron chi connectivity index (χ3n) is 4.70. The van der Waals surface area contributed by atoms with Gasteiger partial charge in [-0.3, -0.25) is 4.90 Å². The van der Waals surface area contributed by atoms with Crippen molar-refractivity contribution in [1.29, 1.82) is 0 Å². The summed E-state index contributed by atoms with van der Waals surface area (Å²) in [6.45, 7) is 9.42. The van der Waals surface area contributed by atoms with Crippen LogP contribution in [0.4, 0.5) is 5.69 Å². The lowest BCUT2D eigenvalue weighted by Gasteiger charge is -2.36. The average Bonchev–Trinajstić information content (AvgIpc) is 2.99. The number of rotatable bonds is 4. The summed E-state index contributed by atoms with van der Waals surface area (Å²) >= 11 is 0. The van der Waals surface area contributed by atoms with Crippen molar-refractivity contribution in [2.24, 2.45) is 0 Å². The molecule has 0 aromatic heterocycles. The Kier molecular flexibility index (Phi) is 4.58. The first kappa shape index (κ1) is 13.9. The molecule has 2 heterocycles. The zero-order valence-corrected chi connectivity index (χ0v) is 12.6. The number of piperazine rings is 1. The van der Waals surface area contributed by atoms with Crippen LogP contribution < -0.4 is 10.2 Å². The van der Waals surface area contributed by atoms with Crippen LogP contribution >= 0.6 is 0 Å². The summed E-state index contributed by atoms with van der Waals surface area (Å²) in [5.41, 5.74) is 2.75. The predicted octanol–water partition coefficient (Wildman–Crippen LogP) is 2.26. The van der Waals surface area contributed by atoms with Crippen molar-refractivity contribution in [3.05, 3.63) is 29.8 Å². The minimum Gasteiger partial charge on any atom is -0.369 e. The van der Waals surface area contributed by atoms with Gasteiger partial charge in [-0.05, 0) is 57.0 Å². The standard InChI is InChI=1S/C17H27N3/c1-15-4-2-6-17(14-15)20-12-10-19(11-13-20)9-7-16-5-3-8-18-16/h2,4,6,14,16,18H,3,5,7-13H2,1H3. The van der Waals surface area contributed by atoms with E-state index >= 15 is 0 Å². The molecule has 1 unspecified atom stereocenters. The normalized spacial score (nSPS) is 24.2. The number of hydrogen-bond acceptors (Lipinski definition) is 3. The van der Waals surface area contributed by atoms with Gasteiger partial charge in [-0.2, -0.15) is 0 Å². The molecule has 1 aromatic carbocycles. The molecule has 1 N–H and O–H groups in total. The average molecular weight is 273 g/mol. The first-order valence-corrected chi connectivity index (χ1v) is 8.08. The van der Waals surface area contributed by atoms with Crippen molar-refractivity contribution in [3.63, 3.8) is 0 Å². The van der Waals surface area contributed by atoms with Gasteiger partial charge >= 0.3 is 0 Å². The second-order valence-electron chi connectivity index (χ2n) is 6.25. The summed E-state index contributed by atoms with van der Waals surface area (Å²) < 4.78 is 0. The second-order valence-corrected chi connectivity index (χ2v) is 6.25. The highest BCUT2D eigenvalue weighted by atomic mass is 15.3. The Morgan fingerprint density at radius 1 is 1.20 bits per heavy atom. The van der Waals surface area contributed by atoms with Crippen LogP contribution in [0.2, 0.25) is 0 Å². The Morgan fingerprint density at radius 2 is 2.05 bits per heavy atom. The molecular weight excluding hydrogens is 246 g/mol. The molecular formula is C17H27N3. The van der Waals surface area contributed by atoms with Gasteiger partial charge in [-0.1, -0.05) is 12.1 Å². The number of nitrogens with zero attached hydrogens (tertiary/aromatic N) is 2. The van der Waals surface area contributed by atoms with Gasteiger partial charge in [-0.15, -0.1) is 0 Å². The summed E-state index contributed by atoms with van der Waals surface area (Å²) in [6, 6.07) is 9.67. The second kappa shape index (κ2) is 6.59. The Labute approximate surface area is 123 Å². The van der Waals surface area contributed by atoms with E-state index in [0.29, 0.717) is 0 Å². The Morgan fingerprint density at radius 3 is 2.75 bits per heavy atom. The van der Waals surface area contributed by atoms with Gasteiger partial charge in [0.2, 0.25) is 0 Å². The lowest BCUT2D eigenvalue weighted by molar-refractivity contribution is 0.245. The fourth-order valence-electron chi connectivity index (χ4n) is 3.40. The lowest BCUT2D eigenvalue weighted by atomic mass is 10.1. The summed E-state index contributed by atoms with van der Waals surface area (Å²) in [5, 5.41) is 3.60. The first-order valence-electron chi connectivity index (χ1n) is 8.08. The summed E-state index contributed by atoms with van der Waals surface area (Å²) in [5.74, 6) is 0. The molecule has 110 valence electrons. The van der Waals surface area contributed by atoms with E-state index in [4.69, 9.17) is 0 Å². The van der Waals surface area contributed by atoms with Gasteiger partial charge in [0.1, 0.15) is 0 Å². The van der Waals surface area contributed by atoms with Gasteiger partial charge in [0.25, 0.3) is 0 Å². The van der Waals surface area contributed by atoms with Gasteiger partial charge in [0, 0.05) is 37.9 Å². The molecule has 0 saturated carbocycles. The summed E-state index contributed by atoms with van der Waals surface area (Å²) in [7, 11) is 0. The molecule has 0 aliphatic carbocycles. The largest absolute Gasteiger partial charge is 0.369 e. The Balaban J connectivity index is 1.44. The van der Waals surface area contributed by atoms with E-state index in [1.54, 1.807) is 0 Å². The number of hydrogen-bond donors (Lipinski definition) is 1. The van der Waals surface area contributed by atoms with E-state index in [9.17, 15) is 0 Å². The van der Waals surface area contributed by atoms with E-state index in [0.717, 1.165) is 6.04 Å². The quantitative estimate of drug-likeness (QED) is 0.908. The molecule has 2 fully saturated rings. The molecule has 0 bridgehead atoms. The number of anilines is 1. The molecule has 1 atom stereocenters. The van der Waals surface area contributed by atoms with Gasteiger partial charge in [-0.25, -0.2) is 0 Å². The predicted molar refractivity (Wildman–Crippen MR) is 85.5 cm³/mol. The molecule has 3 nitrogen and oxygen atoms in total. The van der Waals surface area contributed by atoms with E-state index < -0.39 is 0 Å². The summed E-state index contributed by atoms with van der Waals surface area (Å²) in [4.78, 5) is 5.16. The molecule has 3 rings (SSSR count). The van der Waals surface area contributed by atoms with Crippen molar-refractivity contribution in [2.45, 2.75) is 32.2 Å². The molecule has 2 saturated heterocycles. The zero-order chi connectivity index (χ0) is 13.8. The van der Waals surface area contributed by atoms with E-state index in [-0.39, 0.29) is 0 Å². The van der Waals surface area contributed by atoms with Crippen LogP contribution in [0.3, 0.4) is 0 Å². The molecule has 2 aliphatic heterocycles. The van der Waals surface area contributed by atoms with E-state index in [1.807, 2.05) is 0 Å². The summed E-state index contributed by atoms with van der Waals surface area (Å²) in [6.07, 6.45) is 4.07. The molecule has 3 heteroatoms. The van der Waals surface area contributed by atoms with Crippen molar-refractivity contribution >= 4 is 5.69 Å². The van der Waals surface area contributed by atoms with Crippen molar-refractivity contribution in [2.75, 3.05) is 44.2 Å². The highest BCUT2D eigenvalue weighted by Crippen LogP contribution is 2.18. The monoisotopic (exact) mass is 273 g/mol. The molecule has 0 radical (unpaired) electrons. The maximum atomic E-state index is 3.60. The fourth-order valence-corrected chi connectivity index (χ4v) is 3.40. The third-order valence-corrected chi connectivity index (χ3v) is 4.70. The molecule has 0 spiro atoms. The van der Waals surface area contributed by atoms with Crippen LogP contribution in [0.25, 0.3) is 0 Å². The molecule has 20 heavy (non-hydrogen) atoms. The van der Waals surface area contributed by atoms with Crippen molar-refractivity contribution in [1.82, 2.24) is 10.2 Å². The van der Waals surface area contributed by atoms with Gasteiger partial charge in [0.05, 0.1) is 0 Å². The third kappa shape index (κ3) is 3.53. The van der Waals surface area contributed by atoms with Crippen LogP contribution in [0.1, 0.15) is 24.8 Å². The van der Waals surface area contributed by atoms with Gasteiger partial charge in [0.15, 0.2) is 0 Å². The maximum Gasteiger partial charge on any atom is 0.0369 e. The van der Waals surface area contributed by atoms with Crippen LogP contribution in [0.5, 0.6) is 0 Å². The van der Waals surface area contributed by atoms with Crippen LogP contribution in [0, 0.1) is 6.92 Å². The number of aryl methyl sites for hydroxylation is 1. The maximum absolute atomic E-state index is 3.60. The minimum atomic E-state index is 0.782. The fraction of sp³-hybridized carbons (Fsp3) is 0.647. The smallest absolute Gasteiger partial charge is 0.0369 e. The molecule has 2 aliphatic rings. The molecule has 0 amide bonds. The topological polar surface area (TPSA) is 18.5 Å². The van der Waals surface area contributed by atoms with Crippen LogP contribution in [-0.2, 0) is 0 Å². The highest BCUT2D eigenvalue weighted by Gasteiger charge is 2.19. The van der Waals surface area contributed by atoms with E-state index in [2.05, 4.69) is 46.3 Å². The highest BCUT2D eigenvalue weighted by molar-refractivity contribution is 5.48. The Hall–Kier alpha value is -1.06. The van der Waals surface area contributed by atoms with Gasteiger partial charge < -0.3 is 10.2 Å². The minimum absolute atomic E-state index is 0.782. The number of nitrogens with one attached hydrogen (secondary N) is 1. The van der Waals surface area contributed by atoms with Crippen molar-refractivity contribution < 1.29 is 0 Å². The zero-order valence-electron chi connectivity index (χ0n) is 12.6.